The number of allylic oxidation sites excluding steroid dienone is 2. The number of unbranched alkanes of at least 4 members (excludes halogenated alkanes) is 2. The second kappa shape index (κ2) is 9.05. The Hall–Kier alpha value is 0.524. The Kier molecular flexibility index (Phi) is 8.61. The van der Waals surface area contributed by atoms with E-state index in [0.29, 0.717) is 0 Å². The van der Waals surface area contributed by atoms with Gasteiger partial charge < -0.3 is 0 Å². The van der Waals surface area contributed by atoms with Crippen LogP contribution in [0.2, 0.25) is 10.3 Å². The molecule has 0 N–H and O–H groups in total. The molecule has 2 nitrogen and oxygen atoms in total. The minimum atomic E-state index is -3.14. The van der Waals surface area contributed by atoms with Crippen molar-refractivity contribution in [3.63, 3.8) is 0 Å². The van der Waals surface area contributed by atoms with E-state index in [-0.39, 0.29) is 28.6 Å². The number of hydrogen-bond donors (Lipinski definition) is 0. The monoisotopic (exact) mass is 528 g/mol. The summed E-state index contributed by atoms with van der Waals surface area (Å²) in [6.07, 6.45) is 5.02. The molecule has 0 radical (unpaired) electrons. The molecule has 1 saturated heterocycles. The van der Waals surface area contributed by atoms with Crippen LogP contribution in [0.25, 0.3) is 0 Å². The van der Waals surface area contributed by atoms with Gasteiger partial charge in [0.15, 0.2) is 0 Å². The van der Waals surface area contributed by atoms with Crippen LogP contribution in [-0.2, 0) is 9.31 Å². The Labute approximate surface area is 194 Å². The summed E-state index contributed by atoms with van der Waals surface area (Å²) in [5.74, 6) is 0. The molecule has 1 rings (SSSR count). The van der Waals surface area contributed by atoms with Crippen LogP contribution in [0, 0.1) is 0 Å². The van der Waals surface area contributed by atoms with E-state index in [1.165, 1.54) is 31.2 Å². The summed E-state index contributed by atoms with van der Waals surface area (Å²) in [6, 6.07) is 0. The summed E-state index contributed by atoms with van der Waals surface area (Å²) in [4.78, 5) is 0. The Morgan fingerprint density at radius 1 is 0.733 bits per heavy atom. The normalized spacial score (nSPS) is 21.1. The molecule has 1 aliphatic rings. The maximum atomic E-state index is 6.60. The summed E-state index contributed by atoms with van der Waals surface area (Å²) < 4.78 is 15.8. The predicted molar refractivity (Wildman–Crippen MR) is 138 cm³/mol. The third-order valence-corrected chi connectivity index (χ3v) is 31.6. The second-order valence-corrected chi connectivity index (χ2v) is 32.6. The van der Waals surface area contributed by atoms with Gasteiger partial charge >= 0.3 is 195 Å². The molecule has 30 heavy (non-hydrogen) atoms. The third kappa shape index (κ3) is 5.03. The van der Waals surface area contributed by atoms with Crippen molar-refractivity contribution in [2.24, 2.45) is 0 Å². The van der Waals surface area contributed by atoms with E-state index >= 15 is 0 Å². The van der Waals surface area contributed by atoms with Crippen molar-refractivity contribution in [3.05, 3.63) is 9.06 Å². The average molecular weight is 527 g/mol. The molecule has 4 heteroatoms. The van der Waals surface area contributed by atoms with Gasteiger partial charge in [-0.2, -0.15) is 0 Å². The number of rotatable bonds is 6. The van der Waals surface area contributed by atoms with Crippen molar-refractivity contribution in [3.8, 4) is 0 Å². The van der Waals surface area contributed by atoms with Gasteiger partial charge in [0, 0.05) is 0 Å². The summed E-state index contributed by atoms with van der Waals surface area (Å²) in [6.45, 7) is 36.0. The molecule has 0 aromatic heterocycles. The van der Waals surface area contributed by atoms with Crippen molar-refractivity contribution in [2.45, 2.75) is 151 Å². The summed E-state index contributed by atoms with van der Waals surface area (Å²) in [5, 5.41) is 0. The molecule has 0 unspecified atom stereocenters. The molecule has 1 aliphatic heterocycles. The number of hydrogen-bond acceptors (Lipinski definition) is 2. The van der Waals surface area contributed by atoms with Gasteiger partial charge in [-0.25, -0.2) is 0 Å². The van der Waals surface area contributed by atoms with Gasteiger partial charge in [-0.05, 0) is 0 Å². The van der Waals surface area contributed by atoms with Gasteiger partial charge in [0.05, 0.1) is 0 Å². The van der Waals surface area contributed by atoms with Crippen molar-refractivity contribution in [1.82, 2.24) is 0 Å². The van der Waals surface area contributed by atoms with Crippen LogP contribution in [0.15, 0.2) is 9.06 Å². The summed E-state index contributed by atoms with van der Waals surface area (Å²) in [7, 11) is -0.227. The zero-order valence-corrected chi connectivity index (χ0v) is 26.1. The fourth-order valence-corrected chi connectivity index (χ4v) is 37.7. The van der Waals surface area contributed by atoms with Crippen molar-refractivity contribution in [2.75, 3.05) is 0 Å². The topological polar surface area (TPSA) is 18.5 Å². The van der Waals surface area contributed by atoms with Gasteiger partial charge in [-0.1, -0.05) is 0 Å². The van der Waals surface area contributed by atoms with Gasteiger partial charge in [0.25, 0.3) is 0 Å². The molecule has 1 heterocycles. The second-order valence-electron chi connectivity index (χ2n) is 13.7. The summed E-state index contributed by atoms with van der Waals surface area (Å²) >= 11 is -3.14. The van der Waals surface area contributed by atoms with Crippen molar-refractivity contribution in [1.29, 1.82) is 0 Å². The average Bonchev–Trinajstić information content (AvgIpc) is 2.69. The van der Waals surface area contributed by atoms with Gasteiger partial charge in [0.1, 0.15) is 0 Å². The molecular formula is C26H53BO2Sn. The van der Waals surface area contributed by atoms with Crippen LogP contribution < -0.4 is 0 Å². The predicted octanol–water partition coefficient (Wildman–Crippen LogP) is 8.90. The van der Waals surface area contributed by atoms with E-state index in [0.717, 1.165) is 0 Å². The first-order valence-electron chi connectivity index (χ1n) is 12.2. The van der Waals surface area contributed by atoms with Crippen LogP contribution in [-0.4, -0.2) is 36.7 Å². The Bertz CT molecular complexity index is 575. The summed E-state index contributed by atoms with van der Waals surface area (Å²) in [5.41, 5.74) is 0.800. The molecule has 0 aromatic carbocycles. The Morgan fingerprint density at radius 2 is 1.10 bits per heavy atom. The molecule has 0 spiro atoms. The Balaban J connectivity index is 3.86. The van der Waals surface area contributed by atoms with Crippen LogP contribution in [0.4, 0.5) is 0 Å². The fraction of sp³-hybridized carbons (Fsp3) is 0.923. The van der Waals surface area contributed by atoms with Crippen LogP contribution in [0.5, 0.6) is 0 Å². The molecule has 0 amide bonds. The van der Waals surface area contributed by atoms with E-state index in [2.05, 4.69) is 104 Å². The van der Waals surface area contributed by atoms with Crippen molar-refractivity contribution >= 4 is 25.5 Å². The molecule has 0 saturated carbocycles. The van der Waals surface area contributed by atoms with Crippen LogP contribution in [0.3, 0.4) is 0 Å². The fourth-order valence-electron chi connectivity index (χ4n) is 7.13. The molecule has 0 aliphatic carbocycles. The Morgan fingerprint density at radius 3 is 1.40 bits per heavy atom. The van der Waals surface area contributed by atoms with E-state index in [1.54, 1.807) is 3.59 Å². The first-order chi connectivity index (χ1) is 13.2. The molecule has 0 bridgehead atoms. The maximum absolute atomic E-state index is 6.60. The minimum absolute atomic E-state index is 0.227. The standard InChI is InChI=1S/C14H26BO2.3C4H9.Sn/c1-7-8-9-10-11-12(2)15-16-13(3,4)14(5,6)17-15;3*1-4(2)3;/h7-10H2,1-6H3;3*1-3H3;. The molecule has 176 valence electrons. The van der Waals surface area contributed by atoms with Gasteiger partial charge in [-0.3, -0.25) is 0 Å². The zero-order valence-electron chi connectivity index (χ0n) is 23.2. The molecular weight excluding hydrogens is 474 g/mol. The SMILES string of the molecule is CCCCC/[C](=C(\C)B1OC(C)(C)C(C)(C)O1)[Sn]([C](C)(C)C)([C](C)(C)C)[C](C)(C)C. The van der Waals surface area contributed by atoms with E-state index < -0.39 is 18.4 Å². The van der Waals surface area contributed by atoms with Crippen LogP contribution in [0.1, 0.15) is 130 Å². The van der Waals surface area contributed by atoms with E-state index in [4.69, 9.17) is 9.31 Å². The zero-order chi connectivity index (χ0) is 24.0. The van der Waals surface area contributed by atoms with Crippen LogP contribution >= 0.6 is 0 Å². The first kappa shape index (κ1) is 28.6. The van der Waals surface area contributed by atoms with Crippen molar-refractivity contribution < 1.29 is 9.31 Å². The first-order valence-corrected chi connectivity index (χ1v) is 17.9. The van der Waals surface area contributed by atoms with E-state index in [9.17, 15) is 0 Å². The van der Waals surface area contributed by atoms with E-state index in [1.807, 2.05) is 0 Å². The third-order valence-electron chi connectivity index (χ3n) is 7.94. The van der Waals surface area contributed by atoms with Gasteiger partial charge in [0.2, 0.25) is 0 Å². The molecule has 0 atom stereocenters. The molecule has 1 fully saturated rings. The molecule has 0 aromatic rings. The van der Waals surface area contributed by atoms with Gasteiger partial charge in [-0.15, -0.1) is 0 Å². The quantitative estimate of drug-likeness (QED) is 0.254.